The molecule has 1 aliphatic rings. The molecular weight excluding hydrogens is 212 g/mol. The maximum Gasteiger partial charge on any atom is 0.119 e. The lowest BCUT2D eigenvalue weighted by Crippen LogP contribution is -2.21. The van der Waals surface area contributed by atoms with E-state index >= 15 is 0 Å². The second-order valence-electron chi connectivity index (χ2n) is 5.02. The Hall–Kier alpha value is -1.02. The molecule has 1 saturated carbocycles. The molecule has 0 radical (unpaired) electrons. The van der Waals surface area contributed by atoms with E-state index in [0.29, 0.717) is 5.92 Å². The van der Waals surface area contributed by atoms with Gasteiger partial charge in [-0.1, -0.05) is 31.4 Å². The van der Waals surface area contributed by atoms with Crippen molar-refractivity contribution in [1.82, 2.24) is 0 Å². The number of hydrogen-bond acceptors (Lipinski definition) is 2. The monoisotopic (exact) mass is 234 g/mol. The number of rotatable bonds is 3. The summed E-state index contributed by atoms with van der Waals surface area (Å²) in [5.74, 6) is 1.33. The van der Waals surface area contributed by atoms with Crippen LogP contribution >= 0.6 is 0 Å². The normalized spacial score (nSPS) is 25.3. The Morgan fingerprint density at radius 2 is 2.06 bits per heavy atom. The van der Waals surface area contributed by atoms with E-state index in [1.807, 2.05) is 12.1 Å². The van der Waals surface area contributed by atoms with Gasteiger partial charge in [0, 0.05) is 0 Å². The Morgan fingerprint density at radius 3 is 2.88 bits per heavy atom. The third kappa shape index (κ3) is 3.47. The maximum absolute atomic E-state index is 10.1. The third-order valence-corrected chi connectivity index (χ3v) is 3.75. The van der Waals surface area contributed by atoms with Crippen molar-refractivity contribution >= 4 is 0 Å². The summed E-state index contributed by atoms with van der Waals surface area (Å²) >= 11 is 0. The number of ether oxygens (including phenoxy) is 1. The fourth-order valence-electron chi connectivity index (χ4n) is 2.71. The van der Waals surface area contributed by atoms with E-state index in [2.05, 4.69) is 12.1 Å². The Morgan fingerprint density at radius 1 is 1.24 bits per heavy atom. The van der Waals surface area contributed by atoms with Crippen LogP contribution in [0.1, 0.15) is 37.7 Å². The molecule has 0 saturated heterocycles. The first-order chi connectivity index (χ1) is 8.29. The quantitative estimate of drug-likeness (QED) is 0.814. The van der Waals surface area contributed by atoms with Gasteiger partial charge in [0.2, 0.25) is 0 Å². The molecule has 1 aromatic rings. The van der Waals surface area contributed by atoms with Crippen LogP contribution in [0.25, 0.3) is 0 Å². The minimum absolute atomic E-state index is 0.122. The molecule has 2 nitrogen and oxygen atoms in total. The van der Waals surface area contributed by atoms with Gasteiger partial charge in [0.15, 0.2) is 0 Å². The van der Waals surface area contributed by atoms with Crippen molar-refractivity contribution in [2.45, 2.75) is 44.6 Å². The van der Waals surface area contributed by atoms with Crippen molar-refractivity contribution in [3.8, 4) is 5.75 Å². The van der Waals surface area contributed by atoms with Crippen LogP contribution < -0.4 is 4.74 Å². The molecular formula is C15H22O2. The van der Waals surface area contributed by atoms with Gasteiger partial charge in [-0.15, -0.1) is 0 Å². The van der Waals surface area contributed by atoms with Crippen LogP contribution in [-0.2, 0) is 6.42 Å². The van der Waals surface area contributed by atoms with Crippen molar-refractivity contribution in [3.05, 3.63) is 29.8 Å². The molecule has 2 unspecified atom stereocenters. The predicted octanol–water partition coefficient (Wildman–Crippen LogP) is 3.18. The van der Waals surface area contributed by atoms with Gasteiger partial charge in [0.25, 0.3) is 0 Å². The lowest BCUT2D eigenvalue weighted by molar-refractivity contribution is 0.101. The number of methoxy groups -OCH3 is 1. The van der Waals surface area contributed by atoms with Gasteiger partial charge in [-0.3, -0.25) is 0 Å². The zero-order valence-corrected chi connectivity index (χ0v) is 10.6. The minimum Gasteiger partial charge on any atom is -0.497 e. The Labute approximate surface area is 104 Å². The summed E-state index contributed by atoms with van der Waals surface area (Å²) in [7, 11) is 1.69. The molecule has 0 aliphatic heterocycles. The highest BCUT2D eigenvalue weighted by molar-refractivity contribution is 5.28. The molecule has 1 aromatic carbocycles. The molecule has 94 valence electrons. The van der Waals surface area contributed by atoms with Gasteiger partial charge in [0.1, 0.15) is 5.75 Å². The zero-order valence-electron chi connectivity index (χ0n) is 10.6. The Kier molecular flexibility index (Phi) is 4.43. The molecule has 2 heteroatoms. The first kappa shape index (κ1) is 12.4. The average Bonchev–Trinajstić information content (AvgIpc) is 2.55. The van der Waals surface area contributed by atoms with Gasteiger partial charge in [0.05, 0.1) is 13.2 Å². The van der Waals surface area contributed by atoms with E-state index < -0.39 is 0 Å². The lowest BCUT2D eigenvalue weighted by Gasteiger charge is -2.20. The van der Waals surface area contributed by atoms with Crippen molar-refractivity contribution in [1.29, 1.82) is 0 Å². The molecule has 2 atom stereocenters. The predicted molar refractivity (Wildman–Crippen MR) is 69.3 cm³/mol. The van der Waals surface area contributed by atoms with Crippen LogP contribution in [0.5, 0.6) is 5.75 Å². The molecule has 0 amide bonds. The Balaban J connectivity index is 2.02. The van der Waals surface area contributed by atoms with E-state index in [1.165, 1.54) is 24.8 Å². The molecule has 0 bridgehead atoms. The van der Waals surface area contributed by atoms with Crippen LogP contribution in [0.4, 0.5) is 0 Å². The van der Waals surface area contributed by atoms with Crippen molar-refractivity contribution in [3.63, 3.8) is 0 Å². The van der Waals surface area contributed by atoms with Crippen LogP contribution in [0.3, 0.4) is 0 Å². The largest absolute Gasteiger partial charge is 0.497 e. The molecule has 2 rings (SSSR count). The molecule has 17 heavy (non-hydrogen) atoms. The average molecular weight is 234 g/mol. The summed E-state index contributed by atoms with van der Waals surface area (Å²) in [4.78, 5) is 0. The van der Waals surface area contributed by atoms with E-state index in [4.69, 9.17) is 4.74 Å². The summed E-state index contributed by atoms with van der Waals surface area (Å²) in [5.41, 5.74) is 1.27. The van der Waals surface area contributed by atoms with E-state index in [9.17, 15) is 5.11 Å². The molecule has 1 N–H and O–H groups in total. The highest BCUT2D eigenvalue weighted by atomic mass is 16.5. The van der Waals surface area contributed by atoms with Gasteiger partial charge >= 0.3 is 0 Å². The van der Waals surface area contributed by atoms with Gasteiger partial charge in [-0.25, -0.2) is 0 Å². The topological polar surface area (TPSA) is 29.5 Å². The molecule has 1 aliphatic carbocycles. The number of hydrogen-bond donors (Lipinski definition) is 1. The standard InChI is InChI=1S/C15H22O2/c1-17-14-8-5-6-12(11-14)10-13-7-3-2-4-9-15(13)16/h5-6,8,11,13,15-16H,2-4,7,9-10H2,1H3. The second-order valence-corrected chi connectivity index (χ2v) is 5.02. The first-order valence-corrected chi connectivity index (χ1v) is 6.60. The summed E-state index contributed by atoms with van der Waals surface area (Å²) < 4.78 is 5.23. The molecule has 1 fully saturated rings. The summed E-state index contributed by atoms with van der Waals surface area (Å²) in [6.07, 6.45) is 6.67. The van der Waals surface area contributed by atoms with Crippen LogP contribution in [0.2, 0.25) is 0 Å². The summed E-state index contributed by atoms with van der Waals surface area (Å²) in [6.45, 7) is 0. The van der Waals surface area contributed by atoms with E-state index in [0.717, 1.165) is 25.0 Å². The third-order valence-electron chi connectivity index (χ3n) is 3.75. The van der Waals surface area contributed by atoms with Crippen molar-refractivity contribution in [2.75, 3.05) is 7.11 Å². The van der Waals surface area contributed by atoms with Crippen LogP contribution in [0.15, 0.2) is 24.3 Å². The highest BCUT2D eigenvalue weighted by Gasteiger charge is 2.21. The van der Waals surface area contributed by atoms with Gasteiger partial charge in [-0.2, -0.15) is 0 Å². The first-order valence-electron chi connectivity index (χ1n) is 6.60. The summed E-state index contributed by atoms with van der Waals surface area (Å²) in [5, 5.41) is 10.1. The minimum atomic E-state index is -0.122. The maximum atomic E-state index is 10.1. The van der Waals surface area contributed by atoms with Gasteiger partial charge < -0.3 is 9.84 Å². The smallest absolute Gasteiger partial charge is 0.119 e. The lowest BCUT2D eigenvalue weighted by atomic mass is 9.90. The van der Waals surface area contributed by atoms with Crippen LogP contribution in [-0.4, -0.2) is 18.3 Å². The van der Waals surface area contributed by atoms with Crippen molar-refractivity contribution < 1.29 is 9.84 Å². The molecule has 0 spiro atoms. The molecule has 0 aromatic heterocycles. The fraction of sp³-hybridized carbons (Fsp3) is 0.600. The Bertz CT molecular complexity index is 349. The van der Waals surface area contributed by atoms with Gasteiger partial charge in [-0.05, 0) is 42.9 Å². The SMILES string of the molecule is COc1cccc(CC2CCCCCC2O)c1. The fourth-order valence-corrected chi connectivity index (χ4v) is 2.71. The highest BCUT2D eigenvalue weighted by Crippen LogP contribution is 2.27. The zero-order chi connectivity index (χ0) is 12.1. The summed E-state index contributed by atoms with van der Waals surface area (Å²) in [6, 6.07) is 8.20. The van der Waals surface area contributed by atoms with E-state index in [1.54, 1.807) is 7.11 Å². The van der Waals surface area contributed by atoms with E-state index in [-0.39, 0.29) is 6.10 Å². The second kappa shape index (κ2) is 6.06. The number of benzene rings is 1. The number of aliphatic hydroxyl groups excluding tert-OH is 1. The van der Waals surface area contributed by atoms with Crippen LogP contribution in [0, 0.1) is 5.92 Å². The van der Waals surface area contributed by atoms with Crippen molar-refractivity contribution in [2.24, 2.45) is 5.92 Å². The molecule has 0 heterocycles. The number of aliphatic hydroxyl groups is 1.